The average molecular weight is 2010 g/mol. The molecule has 5 aromatic heterocycles. The van der Waals surface area contributed by atoms with Gasteiger partial charge in [0, 0.05) is 177 Å². The van der Waals surface area contributed by atoms with Crippen molar-refractivity contribution in [3.63, 3.8) is 0 Å². The molecule has 0 radical (unpaired) electrons. The topological polar surface area (TPSA) is 249 Å². The summed E-state index contributed by atoms with van der Waals surface area (Å²) < 4.78 is 28.5. The van der Waals surface area contributed by atoms with Gasteiger partial charge in [0.05, 0.1) is 68.1 Å². The van der Waals surface area contributed by atoms with E-state index in [2.05, 4.69) is 257 Å². The van der Waals surface area contributed by atoms with Crippen LogP contribution >= 0.6 is 34.8 Å². The second-order valence-corrected chi connectivity index (χ2v) is 43.8. The first-order valence-corrected chi connectivity index (χ1v) is 54.0. The van der Waals surface area contributed by atoms with Crippen molar-refractivity contribution < 1.29 is 13.2 Å². The number of aromatic nitrogens is 10. The molecule has 23 nitrogen and oxygen atoms in total. The van der Waals surface area contributed by atoms with Crippen LogP contribution < -0.4 is 31.3 Å². The number of nitrogens with one attached hydrogen (secondary N) is 5. The molecule has 5 aliphatic heterocycles. The van der Waals surface area contributed by atoms with E-state index in [1.165, 1.54) is 84.1 Å². The summed E-state index contributed by atoms with van der Waals surface area (Å²) in [5.74, 6) is 4.63. The summed E-state index contributed by atoms with van der Waals surface area (Å²) in [7, 11) is -1.44. The fourth-order valence-corrected chi connectivity index (χ4v) is 21.0. The minimum Gasteiger partial charge on any atom is -0.497 e. The fourth-order valence-electron chi connectivity index (χ4n) is 19.8. The van der Waals surface area contributed by atoms with Crippen molar-refractivity contribution in [3.8, 4) is 5.75 Å². The van der Waals surface area contributed by atoms with E-state index in [9.17, 15) is 8.42 Å². The summed E-state index contributed by atoms with van der Waals surface area (Å²) in [4.78, 5) is 60.2. The second-order valence-electron chi connectivity index (χ2n) is 40.5. The molecule has 15 aromatic rings. The van der Waals surface area contributed by atoms with Gasteiger partial charge in [-0.15, -0.1) is 0 Å². The van der Waals surface area contributed by atoms with Gasteiger partial charge in [-0.1, -0.05) is 102 Å². The third-order valence-electron chi connectivity index (χ3n) is 29.4. The van der Waals surface area contributed by atoms with Crippen LogP contribution in [0.15, 0.2) is 187 Å². The van der Waals surface area contributed by atoms with Crippen molar-refractivity contribution in [1.29, 1.82) is 0 Å². The van der Waals surface area contributed by atoms with Crippen LogP contribution in [0.1, 0.15) is 176 Å². The normalized spacial score (nSPS) is 15.8. The molecule has 5 saturated heterocycles. The van der Waals surface area contributed by atoms with Gasteiger partial charge >= 0.3 is 0 Å². The van der Waals surface area contributed by atoms with Crippen molar-refractivity contribution in [3.05, 3.63) is 309 Å². The van der Waals surface area contributed by atoms with E-state index < -0.39 is 9.84 Å². The van der Waals surface area contributed by atoms with E-state index in [1.54, 1.807) is 19.2 Å². The Hall–Kier alpha value is -11.7. The molecule has 5 fully saturated rings. The zero-order chi connectivity index (χ0) is 102. The first kappa shape index (κ1) is 105. The number of halogens is 3. The van der Waals surface area contributed by atoms with Crippen LogP contribution in [0.4, 0.5) is 29.7 Å². The van der Waals surface area contributed by atoms with Crippen molar-refractivity contribution in [2.75, 3.05) is 105 Å². The Labute approximate surface area is 866 Å². The molecule has 10 aromatic carbocycles. The molecule has 0 amide bonds. The number of methoxy groups -OCH3 is 1. The number of hydrogen-bond donors (Lipinski definition) is 5. The number of rotatable bonds is 22. The van der Waals surface area contributed by atoms with Crippen molar-refractivity contribution >= 4 is 129 Å². The summed E-state index contributed by atoms with van der Waals surface area (Å²) >= 11 is 18.4. The van der Waals surface area contributed by atoms with Crippen molar-refractivity contribution in [2.24, 2.45) is 0 Å². The van der Waals surface area contributed by atoms with Gasteiger partial charge in [-0.25, -0.2) is 58.3 Å². The molecule has 0 unspecified atom stereocenters. The third kappa shape index (κ3) is 28.3. The van der Waals surface area contributed by atoms with E-state index in [-0.39, 0.29) is 0 Å². The fraction of sp³-hybridized carbons (Fsp3) is 0.402. The highest BCUT2D eigenvalue weighted by molar-refractivity contribution is 7.90. The number of benzene rings is 10. The smallest absolute Gasteiger partial charge is 0.223 e. The minimum absolute atomic E-state index is 0.354. The van der Waals surface area contributed by atoms with E-state index in [0.29, 0.717) is 41.1 Å². The van der Waals surface area contributed by atoms with Gasteiger partial charge in [0.25, 0.3) is 0 Å². The highest BCUT2D eigenvalue weighted by Crippen LogP contribution is 2.33. The zero-order valence-electron chi connectivity index (χ0n) is 86.9. The zero-order valence-corrected chi connectivity index (χ0v) is 89.9. The molecular weight excluding hydrogens is 1870 g/mol. The Morgan fingerprint density at radius 1 is 0.285 bits per heavy atom. The summed E-state index contributed by atoms with van der Waals surface area (Å²) in [5, 5.41) is 26.0. The van der Waals surface area contributed by atoms with Crippen molar-refractivity contribution in [1.82, 2.24) is 74.3 Å². The van der Waals surface area contributed by atoms with Crippen LogP contribution in [-0.2, 0) is 42.6 Å². The number of likely N-dealkylation sites (tertiary alicyclic amines) is 5. The van der Waals surface area contributed by atoms with Crippen LogP contribution in [0.5, 0.6) is 5.75 Å². The summed E-state index contributed by atoms with van der Waals surface area (Å²) in [6, 6.07) is 63.8. The molecule has 20 rings (SSSR count). The molecule has 27 heteroatoms. The Morgan fingerprint density at radius 3 is 0.812 bits per heavy atom. The lowest BCUT2D eigenvalue weighted by Gasteiger charge is -2.32. The molecule has 0 aliphatic carbocycles. The maximum atomic E-state index is 11.6. The van der Waals surface area contributed by atoms with E-state index in [0.717, 1.165) is 296 Å². The Kier molecular flexibility index (Phi) is 35.1. The van der Waals surface area contributed by atoms with E-state index in [1.807, 2.05) is 67.6 Å². The monoisotopic (exact) mass is 2010 g/mol. The molecule has 10 heterocycles. The molecule has 0 spiro atoms. The third-order valence-corrected chi connectivity index (χ3v) is 31.4. The standard InChI is InChI=1S/C24H30N4O2S.C24H30N4O.3C23H27ClN4/c1-16-13-22-18(3)25-24(27-23(22)14-17(16)2)26-20-9-11-28(12-10-20)15-19-5-7-21(8-6-19)31(4,29)30;1-16-13-22-18(3)25-24(27-23(22)14-17(16)2)26-20-9-11-28(12-10-20)15-19-5-7-21(29-4)8-6-19;1-15-12-21-17(3)25-23(27-22(21)13-16(15)2)26-20-8-10-28(11-9-20)14-18-4-6-19(24)7-5-18;1-15-11-21-17(3)25-23(27-22(21)12-16(15)2)26-20-7-9-28(10-8-20)14-18-5-4-6-19(24)13-18;1-15-12-20-17(3)25-23(27-22(20)13-16(15)2)26-19-8-10-28(11-9-19)14-18-6-4-5-7-21(18)24/h5-8,13-14,20H,9-12,15H2,1-4H3,(H,25,26,27);5-8,13-14,20H,9-12,15H2,1-4H3,(H,25,26,27);4-7,12-13,20H,8-11,14H2,1-3H3,(H,25,26,27);4-6,11-13,20H,7-10,14H2,1-3H3,(H,25,26,27);4-7,12-13,19H,8-11,14H2,1-3H3,(H,25,26,27). The summed E-state index contributed by atoms with van der Waals surface area (Å²) in [5.41, 5.74) is 29.2. The second kappa shape index (κ2) is 48.1. The highest BCUT2D eigenvalue weighted by atomic mass is 35.5. The molecular formula is C117H141Cl3N20O3S. The number of nitrogens with zero attached hydrogens (tertiary/aromatic N) is 15. The van der Waals surface area contributed by atoms with Gasteiger partial charge in [0.15, 0.2) is 9.84 Å². The summed E-state index contributed by atoms with van der Waals surface area (Å²) in [6.45, 7) is 46.8. The lowest BCUT2D eigenvalue weighted by Crippen LogP contribution is -2.39. The van der Waals surface area contributed by atoms with Crippen LogP contribution in [0, 0.1) is 104 Å². The van der Waals surface area contributed by atoms with E-state index in [4.69, 9.17) is 89.4 Å². The quantitative estimate of drug-likeness (QED) is 0.0423. The SMILES string of the molecule is COc1ccc(CN2CCC(Nc3nc(C)c4cc(C)c(C)cc4n3)CC2)cc1.Cc1cc2nc(NC3CCN(Cc4ccc(Cl)cc4)CC3)nc(C)c2cc1C.Cc1cc2nc(NC3CCN(Cc4ccc(S(C)(=O)=O)cc4)CC3)nc(C)c2cc1C.Cc1cc2nc(NC3CCN(Cc4cccc(Cl)c4)CC3)nc(C)c2cc1C.Cc1cc2nc(NC3CCN(Cc4ccccc4Cl)CC3)nc(C)c2cc1C. The molecule has 0 atom stereocenters. The Balaban J connectivity index is 0.000000129. The maximum absolute atomic E-state index is 11.6. The first-order valence-electron chi connectivity index (χ1n) is 51.0. The maximum Gasteiger partial charge on any atom is 0.223 e. The number of fused-ring (bicyclic) bond motifs is 5. The van der Waals surface area contributed by atoms with Gasteiger partial charge in [-0.3, -0.25) is 24.5 Å². The largest absolute Gasteiger partial charge is 0.497 e. The number of piperidine rings is 5. The lowest BCUT2D eigenvalue weighted by atomic mass is 10.0. The van der Waals surface area contributed by atoms with Gasteiger partial charge < -0.3 is 31.3 Å². The first-order chi connectivity index (χ1) is 69.1. The van der Waals surface area contributed by atoms with Crippen molar-refractivity contribution in [2.45, 2.75) is 236 Å². The van der Waals surface area contributed by atoms with Crippen LogP contribution in [0.3, 0.4) is 0 Å². The van der Waals surface area contributed by atoms with Gasteiger partial charge in [0.1, 0.15) is 5.75 Å². The van der Waals surface area contributed by atoms with Crippen LogP contribution in [-0.4, -0.2) is 192 Å². The number of anilines is 5. The molecule has 0 saturated carbocycles. The number of ether oxygens (including phenoxy) is 1. The molecule has 5 N–H and O–H groups in total. The van der Waals surface area contributed by atoms with Gasteiger partial charge in [-0.2, -0.15) is 0 Å². The Morgan fingerprint density at radius 2 is 0.542 bits per heavy atom. The number of sulfone groups is 1. The van der Waals surface area contributed by atoms with Crippen LogP contribution in [0.25, 0.3) is 54.5 Å². The van der Waals surface area contributed by atoms with Crippen LogP contribution in [0.2, 0.25) is 15.1 Å². The highest BCUT2D eigenvalue weighted by Gasteiger charge is 2.28. The lowest BCUT2D eigenvalue weighted by molar-refractivity contribution is 0.211. The van der Waals surface area contributed by atoms with E-state index >= 15 is 0 Å². The van der Waals surface area contributed by atoms with Gasteiger partial charge in [0.2, 0.25) is 29.7 Å². The molecule has 754 valence electrons. The Bertz CT molecular complexity index is 7120. The molecule has 5 aliphatic rings. The predicted molar refractivity (Wildman–Crippen MR) is 595 cm³/mol. The molecule has 144 heavy (non-hydrogen) atoms. The van der Waals surface area contributed by atoms with Gasteiger partial charge in [-0.05, 0) is 367 Å². The summed E-state index contributed by atoms with van der Waals surface area (Å²) in [6.07, 6.45) is 12.0. The number of aryl methyl sites for hydroxylation is 15. The number of hydrogen-bond acceptors (Lipinski definition) is 23. The predicted octanol–water partition coefficient (Wildman–Crippen LogP) is 24.5. The minimum atomic E-state index is -3.15. The average Bonchev–Trinajstić information content (AvgIpc) is 0.913. The molecule has 0 bridgehead atoms.